The first-order valence-corrected chi connectivity index (χ1v) is 7.22. The fourth-order valence-electron chi connectivity index (χ4n) is 1.38. The Balaban J connectivity index is 2.33. The molecule has 1 heterocycles. The summed E-state index contributed by atoms with van der Waals surface area (Å²) < 4.78 is 10.1. The zero-order valence-electron chi connectivity index (χ0n) is 11.8. The second kappa shape index (κ2) is 8.46. The largest absolute Gasteiger partial charge is 0.450 e. The molecule has 0 fully saturated rings. The van der Waals surface area contributed by atoms with Gasteiger partial charge in [-0.05, 0) is 41.4 Å². The summed E-state index contributed by atoms with van der Waals surface area (Å²) in [7, 11) is 0. The second-order valence-electron chi connectivity index (χ2n) is 4.26. The van der Waals surface area contributed by atoms with Gasteiger partial charge in [-0.1, -0.05) is 6.92 Å². The summed E-state index contributed by atoms with van der Waals surface area (Å²) in [6, 6.07) is 2.27. The lowest BCUT2D eigenvalue weighted by molar-refractivity contribution is -0.130. The zero-order valence-corrected chi connectivity index (χ0v) is 13.4. The summed E-state index contributed by atoms with van der Waals surface area (Å²) in [6.07, 6.45) is 0.808. The molecule has 0 bridgehead atoms. The molecule has 0 aliphatic carbocycles. The first-order valence-electron chi connectivity index (χ1n) is 6.43. The van der Waals surface area contributed by atoms with Gasteiger partial charge in [0.2, 0.25) is 11.7 Å². The van der Waals surface area contributed by atoms with Crippen molar-refractivity contribution in [3.05, 3.63) is 22.6 Å². The highest BCUT2D eigenvalue weighted by Crippen LogP contribution is 2.14. The van der Waals surface area contributed by atoms with Crippen LogP contribution in [0.2, 0.25) is 0 Å². The number of rotatable bonds is 7. The molecule has 0 aromatic carbocycles. The number of esters is 1. The highest BCUT2D eigenvalue weighted by atomic mass is 79.9. The van der Waals surface area contributed by atoms with Crippen LogP contribution in [0.4, 0.5) is 0 Å². The smallest absolute Gasteiger partial charge is 0.374 e. The number of nitrogens with one attached hydrogen (secondary N) is 2. The molecule has 2 amide bonds. The Kier molecular flexibility index (Phi) is 6.93. The van der Waals surface area contributed by atoms with E-state index in [1.807, 2.05) is 6.92 Å². The maximum absolute atomic E-state index is 11.6. The van der Waals surface area contributed by atoms with Gasteiger partial charge in [-0.3, -0.25) is 9.59 Å². The fraction of sp³-hybridized carbons (Fsp3) is 0.462. The van der Waals surface area contributed by atoms with Crippen molar-refractivity contribution < 1.29 is 23.5 Å². The molecule has 1 atom stereocenters. The SMILES string of the molecule is CCCNC(=O)[C@@H](C)NC(=O)COC(=O)c1ccc(Br)o1. The maximum atomic E-state index is 11.6. The molecule has 0 radical (unpaired) electrons. The number of amides is 2. The first-order chi connectivity index (χ1) is 9.93. The lowest BCUT2D eigenvalue weighted by Crippen LogP contribution is -2.46. The van der Waals surface area contributed by atoms with E-state index in [0.717, 1.165) is 6.42 Å². The number of hydrogen-bond acceptors (Lipinski definition) is 5. The van der Waals surface area contributed by atoms with Crippen LogP contribution in [-0.2, 0) is 14.3 Å². The summed E-state index contributed by atoms with van der Waals surface area (Å²) in [5.41, 5.74) is 0. The lowest BCUT2D eigenvalue weighted by Gasteiger charge is -2.13. The number of ether oxygens (including phenoxy) is 1. The lowest BCUT2D eigenvalue weighted by atomic mass is 10.3. The normalized spacial score (nSPS) is 11.6. The van der Waals surface area contributed by atoms with Gasteiger partial charge in [0, 0.05) is 6.54 Å². The van der Waals surface area contributed by atoms with Crippen LogP contribution >= 0.6 is 15.9 Å². The monoisotopic (exact) mass is 360 g/mol. The van der Waals surface area contributed by atoms with Crippen molar-refractivity contribution in [1.29, 1.82) is 0 Å². The van der Waals surface area contributed by atoms with Crippen LogP contribution in [0.25, 0.3) is 0 Å². The third-order valence-corrected chi connectivity index (χ3v) is 2.85. The molecule has 0 saturated heterocycles. The van der Waals surface area contributed by atoms with E-state index < -0.39 is 24.5 Å². The molecule has 1 aromatic heterocycles. The molecule has 8 heteroatoms. The second-order valence-corrected chi connectivity index (χ2v) is 5.04. The summed E-state index contributed by atoms with van der Waals surface area (Å²) in [5, 5.41) is 5.08. The Morgan fingerprint density at radius 1 is 1.38 bits per heavy atom. The predicted octanol–water partition coefficient (Wildman–Crippen LogP) is 1.23. The summed E-state index contributed by atoms with van der Waals surface area (Å²) in [6.45, 7) is 3.54. The van der Waals surface area contributed by atoms with Crippen molar-refractivity contribution in [2.24, 2.45) is 0 Å². The predicted molar refractivity (Wildman–Crippen MR) is 77.6 cm³/mol. The van der Waals surface area contributed by atoms with Gasteiger partial charge in [0.05, 0.1) is 0 Å². The van der Waals surface area contributed by atoms with Crippen LogP contribution in [0.5, 0.6) is 0 Å². The average molecular weight is 361 g/mol. The number of furan rings is 1. The minimum absolute atomic E-state index is 0.0107. The molecule has 0 spiro atoms. The topological polar surface area (TPSA) is 97.6 Å². The maximum Gasteiger partial charge on any atom is 0.374 e. The Labute approximate surface area is 130 Å². The van der Waals surface area contributed by atoms with Crippen molar-refractivity contribution in [3.63, 3.8) is 0 Å². The number of carbonyl (C=O) groups is 3. The Bertz CT molecular complexity index is 514. The van der Waals surface area contributed by atoms with Crippen molar-refractivity contribution in [2.45, 2.75) is 26.3 Å². The molecular weight excluding hydrogens is 344 g/mol. The van der Waals surface area contributed by atoms with Crippen LogP contribution in [0.15, 0.2) is 21.2 Å². The number of carbonyl (C=O) groups excluding carboxylic acids is 3. The van der Waals surface area contributed by atoms with Gasteiger partial charge in [0.25, 0.3) is 5.91 Å². The average Bonchev–Trinajstić information content (AvgIpc) is 2.88. The van der Waals surface area contributed by atoms with Gasteiger partial charge in [-0.15, -0.1) is 0 Å². The van der Waals surface area contributed by atoms with E-state index in [4.69, 9.17) is 9.15 Å². The van der Waals surface area contributed by atoms with Crippen molar-refractivity contribution in [1.82, 2.24) is 10.6 Å². The van der Waals surface area contributed by atoms with Gasteiger partial charge in [-0.25, -0.2) is 4.79 Å². The van der Waals surface area contributed by atoms with Crippen molar-refractivity contribution in [3.8, 4) is 0 Å². The molecule has 0 aliphatic rings. The molecular formula is C13H17BrN2O5. The summed E-state index contributed by atoms with van der Waals surface area (Å²) >= 11 is 3.05. The number of hydrogen-bond donors (Lipinski definition) is 2. The molecule has 0 unspecified atom stereocenters. The number of halogens is 1. The van der Waals surface area contributed by atoms with Gasteiger partial charge >= 0.3 is 5.97 Å². The molecule has 116 valence electrons. The Morgan fingerprint density at radius 2 is 2.10 bits per heavy atom. The highest BCUT2D eigenvalue weighted by molar-refractivity contribution is 9.10. The van der Waals surface area contributed by atoms with Gasteiger partial charge < -0.3 is 19.8 Å². The quantitative estimate of drug-likeness (QED) is 0.712. The fourth-order valence-corrected chi connectivity index (χ4v) is 1.68. The third-order valence-electron chi connectivity index (χ3n) is 2.43. The van der Waals surface area contributed by atoms with Gasteiger partial charge in [0.15, 0.2) is 11.3 Å². The van der Waals surface area contributed by atoms with Gasteiger partial charge in [0.1, 0.15) is 6.04 Å². The Morgan fingerprint density at radius 3 is 2.67 bits per heavy atom. The minimum Gasteiger partial charge on any atom is -0.450 e. The van der Waals surface area contributed by atoms with E-state index in [-0.39, 0.29) is 11.7 Å². The van der Waals surface area contributed by atoms with E-state index in [1.165, 1.54) is 12.1 Å². The van der Waals surface area contributed by atoms with E-state index in [2.05, 4.69) is 26.6 Å². The summed E-state index contributed by atoms with van der Waals surface area (Å²) in [4.78, 5) is 34.6. The molecule has 1 aromatic rings. The summed E-state index contributed by atoms with van der Waals surface area (Å²) in [5.74, 6) is -1.61. The van der Waals surface area contributed by atoms with E-state index in [0.29, 0.717) is 11.2 Å². The van der Waals surface area contributed by atoms with E-state index in [1.54, 1.807) is 6.92 Å². The minimum atomic E-state index is -0.751. The zero-order chi connectivity index (χ0) is 15.8. The van der Waals surface area contributed by atoms with Crippen LogP contribution in [0, 0.1) is 0 Å². The molecule has 1 rings (SSSR count). The standard InChI is InChI=1S/C13H17BrN2O5/c1-3-6-15-12(18)8(2)16-11(17)7-20-13(19)9-4-5-10(14)21-9/h4-5,8H,3,6-7H2,1-2H3,(H,15,18)(H,16,17)/t8-/m1/s1. The van der Waals surface area contributed by atoms with Crippen LogP contribution < -0.4 is 10.6 Å². The van der Waals surface area contributed by atoms with Crippen LogP contribution in [0.3, 0.4) is 0 Å². The third kappa shape index (κ3) is 5.99. The van der Waals surface area contributed by atoms with E-state index >= 15 is 0 Å². The molecule has 0 aliphatic heterocycles. The van der Waals surface area contributed by atoms with E-state index in [9.17, 15) is 14.4 Å². The van der Waals surface area contributed by atoms with Crippen molar-refractivity contribution in [2.75, 3.05) is 13.2 Å². The molecule has 2 N–H and O–H groups in total. The Hall–Kier alpha value is -1.83. The van der Waals surface area contributed by atoms with Crippen molar-refractivity contribution >= 4 is 33.7 Å². The van der Waals surface area contributed by atoms with Crippen LogP contribution in [0.1, 0.15) is 30.8 Å². The highest BCUT2D eigenvalue weighted by Gasteiger charge is 2.17. The molecule has 0 saturated carbocycles. The van der Waals surface area contributed by atoms with Gasteiger partial charge in [-0.2, -0.15) is 0 Å². The molecule has 7 nitrogen and oxygen atoms in total. The van der Waals surface area contributed by atoms with Crippen LogP contribution in [-0.4, -0.2) is 37.0 Å². The molecule has 21 heavy (non-hydrogen) atoms. The first kappa shape index (κ1) is 17.2.